The van der Waals surface area contributed by atoms with E-state index in [2.05, 4.69) is 10.6 Å². The quantitative estimate of drug-likeness (QED) is 0.794. The molecule has 142 valence electrons. The van der Waals surface area contributed by atoms with Gasteiger partial charge in [-0.2, -0.15) is 5.26 Å². The zero-order valence-corrected chi connectivity index (χ0v) is 16.5. The van der Waals surface area contributed by atoms with Crippen LogP contribution in [0.5, 0.6) is 0 Å². The Bertz CT molecular complexity index is 994. The number of hydrogen-bond donors (Lipinski definition) is 2. The smallest absolute Gasteiger partial charge is 0.246 e. The van der Waals surface area contributed by atoms with Gasteiger partial charge >= 0.3 is 0 Å². The van der Waals surface area contributed by atoms with Crippen molar-refractivity contribution in [1.82, 2.24) is 4.31 Å². The third-order valence-corrected chi connectivity index (χ3v) is 5.94. The van der Waals surface area contributed by atoms with Crippen molar-refractivity contribution in [1.29, 1.82) is 5.26 Å². The number of sulfonamides is 1. The van der Waals surface area contributed by atoms with E-state index in [0.717, 1.165) is 4.31 Å². The van der Waals surface area contributed by atoms with E-state index < -0.39 is 16.1 Å². The van der Waals surface area contributed by atoms with Crippen LogP contribution in [0.2, 0.25) is 0 Å². The van der Waals surface area contributed by atoms with E-state index in [1.54, 1.807) is 50.2 Å². The molecule has 0 bridgehead atoms. The van der Waals surface area contributed by atoms with Crippen LogP contribution < -0.4 is 10.6 Å². The number of hydrogen-bond acceptors (Lipinski definition) is 5. The Morgan fingerprint density at radius 1 is 1.15 bits per heavy atom. The van der Waals surface area contributed by atoms with Crippen molar-refractivity contribution in [2.45, 2.75) is 24.8 Å². The first kappa shape index (κ1) is 20.4. The molecule has 0 aliphatic heterocycles. The first-order valence-electron chi connectivity index (χ1n) is 8.26. The molecular weight excluding hydrogens is 364 g/mol. The maximum absolute atomic E-state index is 12.4. The van der Waals surface area contributed by atoms with Gasteiger partial charge in [0.25, 0.3) is 0 Å². The van der Waals surface area contributed by atoms with E-state index in [1.807, 2.05) is 6.07 Å². The second kappa shape index (κ2) is 8.20. The standard InChI is InChI=1S/C19H22N4O3S/c1-13-8-9-17(11-18(13)27(25,26)23(3)4)21-14(2)19(24)22-16-7-5-6-15(10-16)12-20/h5-11,14,21H,1-4H3,(H,22,24)/t14-/m1/s1. The number of amides is 1. The van der Waals surface area contributed by atoms with Crippen LogP contribution in [0, 0.1) is 18.3 Å². The summed E-state index contributed by atoms with van der Waals surface area (Å²) in [7, 11) is -0.635. The van der Waals surface area contributed by atoms with E-state index in [4.69, 9.17) is 5.26 Å². The van der Waals surface area contributed by atoms with Gasteiger partial charge in [0.1, 0.15) is 6.04 Å². The summed E-state index contributed by atoms with van der Waals surface area (Å²) in [6.45, 7) is 3.39. The molecule has 1 atom stereocenters. The lowest BCUT2D eigenvalue weighted by molar-refractivity contribution is -0.116. The van der Waals surface area contributed by atoms with Gasteiger partial charge in [0.05, 0.1) is 16.5 Å². The van der Waals surface area contributed by atoms with Crippen LogP contribution in [0.4, 0.5) is 11.4 Å². The number of nitrogens with zero attached hydrogens (tertiary/aromatic N) is 2. The van der Waals surface area contributed by atoms with Gasteiger partial charge in [-0.25, -0.2) is 12.7 Å². The number of benzene rings is 2. The van der Waals surface area contributed by atoms with E-state index in [1.165, 1.54) is 20.2 Å². The number of anilines is 2. The molecule has 7 nitrogen and oxygen atoms in total. The molecule has 0 aliphatic carbocycles. The van der Waals surface area contributed by atoms with Crippen molar-refractivity contribution in [2.75, 3.05) is 24.7 Å². The summed E-state index contributed by atoms with van der Waals surface area (Å²) in [6.07, 6.45) is 0. The molecule has 0 saturated carbocycles. The molecule has 1 amide bonds. The molecule has 2 N–H and O–H groups in total. The van der Waals surface area contributed by atoms with Crippen LogP contribution in [0.25, 0.3) is 0 Å². The van der Waals surface area contributed by atoms with Gasteiger partial charge in [-0.1, -0.05) is 12.1 Å². The predicted octanol–water partition coefficient (Wildman–Crippen LogP) is 2.56. The molecule has 0 aromatic heterocycles. The van der Waals surface area contributed by atoms with Gasteiger partial charge in [-0.3, -0.25) is 4.79 Å². The van der Waals surface area contributed by atoms with Crippen molar-refractivity contribution in [3.05, 3.63) is 53.6 Å². The molecule has 2 aromatic carbocycles. The van der Waals surface area contributed by atoms with Gasteiger partial charge in [0, 0.05) is 25.5 Å². The van der Waals surface area contributed by atoms with Crippen molar-refractivity contribution in [2.24, 2.45) is 0 Å². The lowest BCUT2D eigenvalue weighted by atomic mass is 10.2. The van der Waals surface area contributed by atoms with Crippen LogP contribution in [-0.4, -0.2) is 38.8 Å². The van der Waals surface area contributed by atoms with Gasteiger partial charge in [0.15, 0.2) is 0 Å². The molecule has 0 fully saturated rings. The maximum atomic E-state index is 12.4. The summed E-state index contributed by atoms with van der Waals surface area (Å²) in [5.74, 6) is -0.303. The first-order valence-corrected chi connectivity index (χ1v) is 9.70. The third-order valence-electron chi connectivity index (χ3n) is 3.98. The summed E-state index contributed by atoms with van der Waals surface area (Å²) >= 11 is 0. The minimum Gasteiger partial charge on any atom is -0.374 e. The highest BCUT2D eigenvalue weighted by Gasteiger charge is 2.21. The van der Waals surface area contributed by atoms with Crippen LogP contribution in [0.1, 0.15) is 18.1 Å². The van der Waals surface area contributed by atoms with Crippen molar-refractivity contribution < 1.29 is 13.2 Å². The van der Waals surface area contributed by atoms with E-state index in [-0.39, 0.29) is 10.8 Å². The summed E-state index contributed by atoms with van der Waals surface area (Å²) in [6, 6.07) is 12.9. The second-order valence-corrected chi connectivity index (χ2v) is 8.44. The average molecular weight is 386 g/mol. The second-order valence-electron chi connectivity index (χ2n) is 6.32. The topological polar surface area (TPSA) is 102 Å². The number of nitrogens with one attached hydrogen (secondary N) is 2. The molecule has 0 aliphatic rings. The normalized spacial score (nSPS) is 12.3. The molecule has 0 radical (unpaired) electrons. The fourth-order valence-corrected chi connectivity index (χ4v) is 3.54. The first-order chi connectivity index (χ1) is 12.6. The monoisotopic (exact) mass is 386 g/mol. The molecule has 2 aromatic rings. The Labute approximate surface area is 159 Å². The summed E-state index contributed by atoms with van der Waals surface area (Å²) in [4.78, 5) is 12.6. The van der Waals surface area contributed by atoms with Gasteiger partial charge in [0.2, 0.25) is 15.9 Å². The Kier molecular flexibility index (Phi) is 6.20. The molecule has 8 heteroatoms. The lowest BCUT2D eigenvalue weighted by Gasteiger charge is -2.18. The van der Waals surface area contributed by atoms with Gasteiger partial charge < -0.3 is 10.6 Å². The summed E-state index contributed by atoms with van der Waals surface area (Å²) in [5, 5.41) is 14.7. The number of carbonyl (C=O) groups excluding carboxylic acids is 1. The summed E-state index contributed by atoms with van der Waals surface area (Å²) < 4.78 is 26.0. The van der Waals surface area contributed by atoms with Crippen molar-refractivity contribution in [3.63, 3.8) is 0 Å². The molecule has 27 heavy (non-hydrogen) atoms. The highest BCUT2D eigenvalue weighted by Crippen LogP contribution is 2.23. The molecule has 0 heterocycles. The molecule has 0 spiro atoms. The van der Waals surface area contributed by atoms with Crippen LogP contribution in [0.15, 0.2) is 47.4 Å². The molecule has 2 rings (SSSR count). The lowest BCUT2D eigenvalue weighted by Crippen LogP contribution is -2.32. The predicted molar refractivity (Wildman–Crippen MR) is 105 cm³/mol. The zero-order valence-electron chi connectivity index (χ0n) is 15.6. The highest BCUT2D eigenvalue weighted by atomic mass is 32.2. The Hall–Kier alpha value is -2.89. The van der Waals surface area contributed by atoms with Crippen LogP contribution in [-0.2, 0) is 14.8 Å². The summed E-state index contributed by atoms with van der Waals surface area (Å²) in [5.41, 5.74) is 2.12. The van der Waals surface area contributed by atoms with Crippen LogP contribution in [0.3, 0.4) is 0 Å². The minimum atomic E-state index is -3.58. The minimum absolute atomic E-state index is 0.187. The molecular formula is C19H22N4O3S. The maximum Gasteiger partial charge on any atom is 0.246 e. The van der Waals surface area contributed by atoms with E-state index >= 15 is 0 Å². The molecule has 0 saturated heterocycles. The van der Waals surface area contributed by atoms with Crippen molar-refractivity contribution >= 4 is 27.3 Å². The van der Waals surface area contributed by atoms with Gasteiger partial charge in [-0.05, 0) is 49.7 Å². The van der Waals surface area contributed by atoms with E-state index in [0.29, 0.717) is 22.5 Å². The van der Waals surface area contributed by atoms with Crippen molar-refractivity contribution in [3.8, 4) is 6.07 Å². The molecule has 0 unspecified atom stereocenters. The number of rotatable bonds is 6. The Balaban J connectivity index is 2.16. The van der Waals surface area contributed by atoms with E-state index in [9.17, 15) is 13.2 Å². The fraction of sp³-hybridized carbons (Fsp3) is 0.263. The largest absolute Gasteiger partial charge is 0.374 e. The fourth-order valence-electron chi connectivity index (χ4n) is 2.40. The number of carbonyl (C=O) groups is 1. The zero-order chi connectivity index (χ0) is 20.2. The Morgan fingerprint density at radius 3 is 2.48 bits per heavy atom. The Morgan fingerprint density at radius 2 is 1.85 bits per heavy atom. The number of aryl methyl sites for hydroxylation is 1. The highest BCUT2D eigenvalue weighted by molar-refractivity contribution is 7.89. The average Bonchev–Trinajstić information content (AvgIpc) is 2.63. The van der Waals surface area contributed by atoms with Gasteiger partial charge in [-0.15, -0.1) is 0 Å². The number of nitriles is 1. The van der Waals surface area contributed by atoms with Crippen LogP contribution >= 0.6 is 0 Å². The SMILES string of the molecule is Cc1ccc(N[C@H](C)C(=O)Nc2cccc(C#N)c2)cc1S(=O)(=O)N(C)C. The third kappa shape index (κ3) is 4.84.